The average molecular weight is 208 g/mol. The van der Waals surface area contributed by atoms with Crippen molar-refractivity contribution in [1.29, 1.82) is 0 Å². The monoisotopic (exact) mass is 208 g/mol. The molecule has 1 heterocycles. The van der Waals surface area contributed by atoms with Crippen molar-refractivity contribution in [3.63, 3.8) is 0 Å². The highest BCUT2D eigenvalue weighted by atomic mass is 19.4. The van der Waals surface area contributed by atoms with Crippen LogP contribution in [0.25, 0.3) is 0 Å². The fourth-order valence-corrected chi connectivity index (χ4v) is 1.02. The minimum absolute atomic E-state index is 0.0275. The van der Waals surface area contributed by atoms with Gasteiger partial charge < -0.3 is 9.67 Å². The van der Waals surface area contributed by atoms with Crippen molar-refractivity contribution in [3.8, 4) is 0 Å². The molecule has 0 saturated heterocycles. The van der Waals surface area contributed by atoms with E-state index in [0.717, 1.165) is 6.20 Å². The molecule has 0 bridgehead atoms. The van der Waals surface area contributed by atoms with Gasteiger partial charge in [0.05, 0.1) is 6.20 Å². The van der Waals surface area contributed by atoms with Crippen molar-refractivity contribution >= 4 is 5.97 Å². The molecule has 1 aromatic rings. The van der Waals surface area contributed by atoms with E-state index in [1.54, 1.807) is 0 Å². The maximum Gasteiger partial charge on any atom is 0.406 e. The van der Waals surface area contributed by atoms with Crippen LogP contribution in [0.15, 0.2) is 6.20 Å². The normalized spacial score (nSPS) is 11.7. The first-order valence-electron chi connectivity index (χ1n) is 3.63. The van der Waals surface area contributed by atoms with Crippen molar-refractivity contribution < 1.29 is 23.1 Å². The lowest BCUT2D eigenvalue weighted by molar-refractivity contribution is -0.141. The van der Waals surface area contributed by atoms with Crippen LogP contribution in [0.2, 0.25) is 0 Å². The summed E-state index contributed by atoms with van der Waals surface area (Å²) in [5.41, 5.74) is -0.458. The number of hydrogen-bond acceptors (Lipinski definition) is 2. The van der Waals surface area contributed by atoms with Crippen molar-refractivity contribution in [1.82, 2.24) is 9.55 Å². The van der Waals surface area contributed by atoms with Gasteiger partial charge in [0, 0.05) is 0 Å². The van der Waals surface area contributed by atoms with Crippen LogP contribution in [0.1, 0.15) is 16.3 Å². The van der Waals surface area contributed by atoms with Crippen molar-refractivity contribution in [3.05, 3.63) is 17.7 Å². The molecule has 0 aliphatic rings. The van der Waals surface area contributed by atoms with Crippen LogP contribution >= 0.6 is 0 Å². The SMILES string of the molecule is Cc1ncc(C(=O)O)n1CC(F)(F)F. The average Bonchev–Trinajstić information content (AvgIpc) is 2.29. The van der Waals surface area contributed by atoms with Gasteiger partial charge in [0.15, 0.2) is 0 Å². The summed E-state index contributed by atoms with van der Waals surface area (Å²) in [5, 5.41) is 8.55. The number of nitrogens with zero attached hydrogens (tertiary/aromatic N) is 2. The Morgan fingerprint density at radius 3 is 2.64 bits per heavy atom. The molecular formula is C7H7F3N2O2. The second-order valence-corrected chi connectivity index (χ2v) is 2.70. The molecule has 1 aromatic heterocycles. The summed E-state index contributed by atoms with van der Waals surface area (Å²) in [6, 6.07) is 0. The third-order valence-corrected chi connectivity index (χ3v) is 1.61. The van der Waals surface area contributed by atoms with Gasteiger partial charge in [-0.1, -0.05) is 0 Å². The van der Waals surface area contributed by atoms with Crippen LogP contribution in [-0.2, 0) is 6.54 Å². The summed E-state index contributed by atoms with van der Waals surface area (Å²) in [6.07, 6.45) is -3.54. The summed E-state index contributed by atoms with van der Waals surface area (Å²) in [6.45, 7) is -0.0152. The number of aromatic carboxylic acids is 1. The molecule has 14 heavy (non-hydrogen) atoms. The molecule has 78 valence electrons. The van der Waals surface area contributed by atoms with Gasteiger partial charge in [0.1, 0.15) is 18.1 Å². The summed E-state index contributed by atoms with van der Waals surface area (Å²) in [4.78, 5) is 14.0. The van der Waals surface area contributed by atoms with Gasteiger partial charge in [-0.15, -0.1) is 0 Å². The number of rotatable bonds is 2. The molecule has 0 fully saturated rings. The van der Waals surface area contributed by atoms with Crippen LogP contribution in [0.3, 0.4) is 0 Å². The molecule has 7 heteroatoms. The van der Waals surface area contributed by atoms with Crippen LogP contribution in [0.4, 0.5) is 13.2 Å². The lowest BCUT2D eigenvalue weighted by Gasteiger charge is -2.10. The van der Waals surface area contributed by atoms with Crippen molar-refractivity contribution in [2.24, 2.45) is 0 Å². The van der Waals surface area contributed by atoms with E-state index in [0.29, 0.717) is 4.57 Å². The molecule has 0 unspecified atom stereocenters. The van der Waals surface area contributed by atoms with Crippen LogP contribution in [-0.4, -0.2) is 26.8 Å². The van der Waals surface area contributed by atoms with E-state index in [1.165, 1.54) is 6.92 Å². The van der Waals surface area contributed by atoms with E-state index in [1.807, 2.05) is 0 Å². The third-order valence-electron chi connectivity index (χ3n) is 1.61. The number of aryl methyl sites for hydroxylation is 1. The van der Waals surface area contributed by atoms with Crippen LogP contribution in [0, 0.1) is 6.92 Å². The van der Waals surface area contributed by atoms with Gasteiger partial charge in [-0.25, -0.2) is 9.78 Å². The van der Waals surface area contributed by atoms with Gasteiger partial charge >= 0.3 is 12.1 Å². The first-order chi connectivity index (χ1) is 6.31. The second-order valence-electron chi connectivity index (χ2n) is 2.70. The quantitative estimate of drug-likeness (QED) is 0.800. The molecule has 0 aliphatic carbocycles. The zero-order chi connectivity index (χ0) is 10.9. The topological polar surface area (TPSA) is 55.1 Å². The van der Waals surface area contributed by atoms with Crippen LogP contribution < -0.4 is 0 Å². The first-order valence-corrected chi connectivity index (χ1v) is 3.63. The third kappa shape index (κ3) is 2.24. The highest BCUT2D eigenvalue weighted by Crippen LogP contribution is 2.19. The second kappa shape index (κ2) is 3.32. The predicted octanol–water partition coefficient (Wildman–Crippen LogP) is 1.45. The molecule has 0 spiro atoms. The van der Waals surface area contributed by atoms with E-state index in [2.05, 4.69) is 4.98 Å². The van der Waals surface area contributed by atoms with E-state index >= 15 is 0 Å². The highest BCUT2D eigenvalue weighted by molar-refractivity contribution is 5.85. The summed E-state index contributed by atoms with van der Waals surface area (Å²) in [7, 11) is 0. The Morgan fingerprint density at radius 1 is 1.64 bits per heavy atom. The Kier molecular flexibility index (Phi) is 2.50. The number of aromatic nitrogens is 2. The molecule has 0 aliphatic heterocycles. The maximum atomic E-state index is 12.0. The predicted molar refractivity (Wildman–Crippen MR) is 40.0 cm³/mol. The molecule has 1 rings (SSSR count). The first kappa shape index (κ1) is 10.6. The summed E-state index contributed by atoms with van der Waals surface area (Å²) in [5.74, 6) is -1.39. The number of halogens is 3. The molecule has 1 N–H and O–H groups in total. The molecule has 0 amide bonds. The Balaban J connectivity index is 3.06. The number of imidazole rings is 1. The van der Waals surface area contributed by atoms with E-state index in [9.17, 15) is 18.0 Å². The highest BCUT2D eigenvalue weighted by Gasteiger charge is 2.30. The van der Waals surface area contributed by atoms with Gasteiger partial charge in [0.2, 0.25) is 0 Å². The summed E-state index contributed by atoms with van der Waals surface area (Å²) < 4.78 is 36.6. The van der Waals surface area contributed by atoms with Gasteiger partial charge in [0.25, 0.3) is 0 Å². The summed E-state index contributed by atoms with van der Waals surface area (Å²) >= 11 is 0. The fraction of sp³-hybridized carbons (Fsp3) is 0.429. The number of carboxylic acids is 1. The lowest BCUT2D eigenvalue weighted by Crippen LogP contribution is -2.21. The Morgan fingerprint density at radius 2 is 2.21 bits per heavy atom. The Hall–Kier alpha value is -1.53. The number of carboxylic acid groups (broad SMARTS) is 1. The van der Waals surface area contributed by atoms with Gasteiger partial charge in [-0.3, -0.25) is 0 Å². The van der Waals surface area contributed by atoms with E-state index in [-0.39, 0.29) is 5.82 Å². The Labute approximate surface area is 77.0 Å². The molecule has 0 aromatic carbocycles. The minimum atomic E-state index is -4.45. The Bertz CT molecular complexity index is 356. The number of carbonyl (C=O) groups is 1. The minimum Gasteiger partial charge on any atom is -0.477 e. The smallest absolute Gasteiger partial charge is 0.406 e. The largest absolute Gasteiger partial charge is 0.477 e. The zero-order valence-corrected chi connectivity index (χ0v) is 7.17. The van der Waals surface area contributed by atoms with E-state index < -0.39 is 24.4 Å². The maximum absolute atomic E-state index is 12.0. The standard InChI is InChI=1S/C7H7F3N2O2/c1-4-11-2-5(6(13)14)12(4)3-7(8,9)10/h2H,3H2,1H3,(H,13,14). The molecule has 0 radical (unpaired) electrons. The molecule has 4 nitrogen and oxygen atoms in total. The lowest BCUT2D eigenvalue weighted by atomic mass is 10.4. The van der Waals surface area contributed by atoms with Crippen molar-refractivity contribution in [2.75, 3.05) is 0 Å². The van der Waals surface area contributed by atoms with Gasteiger partial charge in [-0.2, -0.15) is 13.2 Å². The fourth-order valence-electron chi connectivity index (χ4n) is 1.02. The van der Waals surface area contributed by atoms with Crippen LogP contribution in [0.5, 0.6) is 0 Å². The number of hydrogen-bond donors (Lipinski definition) is 1. The molecular weight excluding hydrogens is 201 g/mol. The number of alkyl halides is 3. The molecule has 0 saturated carbocycles. The van der Waals surface area contributed by atoms with E-state index in [4.69, 9.17) is 5.11 Å². The van der Waals surface area contributed by atoms with Gasteiger partial charge in [-0.05, 0) is 6.92 Å². The van der Waals surface area contributed by atoms with Crippen molar-refractivity contribution in [2.45, 2.75) is 19.6 Å². The zero-order valence-electron chi connectivity index (χ0n) is 7.17. The molecule has 0 atom stereocenters.